The largest absolute Gasteiger partial charge is 0.339 e. The van der Waals surface area contributed by atoms with Gasteiger partial charge in [0.15, 0.2) is 0 Å². The normalized spacial score (nSPS) is 29.0. The van der Waals surface area contributed by atoms with E-state index in [1.54, 1.807) is 0 Å². The topological polar surface area (TPSA) is 51.0 Å². The van der Waals surface area contributed by atoms with E-state index in [1.165, 1.54) is 6.42 Å². The van der Waals surface area contributed by atoms with Gasteiger partial charge in [-0.15, -0.1) is 0 Å². The molecule has 4 nitrogen and oxygen atoms in total. The lowest BCUT2D eigenvalue weighted by Crippen LogP contribution is -2.10. The van der Waals surface area contributed by atoms with Crippen LogP contribution in [0, 0.1) is 5.41 Å². The maximum Gasteiger partial charge on any atom is 0.230 e. The molecule has 0 bridgehead atoms. The smallest absolute Gasteiger partial charge is 0.230 e. The number of rotatable bonds is 2. The highest BCUT2D eigenvalue weighted by Crippen LogP contribution is 2.62. The van der Waals surface area contributed by atoms with Crippen molar-refractivity contribution in [3.8, 4) is 11.4 Å². The van der Waals surface area contributed by atoms with Crippen LogP contribution < -0.4 is 5.32 Å². The van der Waals surface area contributed by atoms with Crippen molar-refractivity contribution < 1.29 is 4.52 Å². The van der Waals surface area contributed by atoms with Gasteiger partial charge >= 0.3 is 0 Å². The summed E-state index contributed by atoms with van der Waals surface area (Å²) in [5, 5.41) is 8.14. The molecule has 2 fully saturated rings. The molecule has 0 amide bonds. The molecule has 19 heavy (non-hydrogen) atoms. The molecule has 1 saturated heterocycles. The Labute approximate surface area is 116 Å². The summed E-state index contributed by atoms with van der Waals surface area (Å²) in [6, 6.07) is 7.58. The minimum Gasteiger partial charge on any atom is -0.339 e. The zero-order chi connectivity index (χ0) is 12.9. The number of benzene rings is 1. The highest BCUT2D eigenvalue weighted by atomic mass is 35.5. The minimum atomic E-state index is 0.379. The SMILES string of the molecule is Clc1ccccc1-c1noc(C2CC23CCNC3)n1. The van der Waals surface area contributed by atoms with Crippen molar-refractivity contribution >= 4 is 11.6 Å². The van der Waals surface area contributed by atoms with Crippen molar-refractivity contribution in [2.45, 2.75) is 18.8 Å². The summed E-state index contributed by atoms with van der Waals surface area (Å²) >= 11 is 6.15. The van der Waals surface area contributed by atoms with E-state index >= 15 is 0 Å². The van der Waals surface area contributed by atoms with E-state index in [0.717, 1.165) is 31.0 Å². The summed E-state index contributed by atoms with van der Waals surface area (Å²) in [5.41, 5.74) is 1.21. The molecule has 5 heteroatoms. The Morgan fingerprint density at radius 1 is 1.37 bits per heavy atom. The fourth-order valence-corrected chi connectivity index (χ4v) is 3.28. The lowest BCUT2D eigenvalue weighted by molar-refractivity contribution is 0.364. The molecule has 98 valence electrons. The Hall–Kier alpha value is -1.39. The second kappa shape index (κ2) is 4.05. The number of hydrogen-bond acceptors (Lipinski definition) is 4. The van der Waals surface area contributed by atoms with Gasteiger partial charge in [-0.1, -0.05) is 28.9 Å². The summed E-state index contributed by atoms with van der Waals surface area (Å²) in [7, 11) is 0. The molecule has 1 aliphatic heterocycles. The fourth-order valence-electron chi connectivity index (χ4n) is 3.06. The zero-order valence-electron chi connectivity index (χ0n) is 10.4. The fraction of sp³-hybridized carbons (Fsp3) is 0.429. The molecular weight excluding hydrogens is 262 g/mol. The highest BCUT2D eigenvalue weighted by molar-refractivity contribution is 6.33. The Balaban J connectivity index is 1.63. The van der Waals surface area contributed by atoms with Crippen LogP contribution >= 0.6 is 11.6 Å². The van der Waals surface area contributed by atoms with E-state index < -0.39 is 0 Å². The molecule has 2 unspecified atom stereocenters. The zero-order valence-corrected chi connectivity index (χ0v) is 11.2. The summed E-state index contributed by atoms with van der Waals surface area (Å²) < 4.78 is 5.44. The first-order valence-electron chi connectivity index (χ1n) is 6.58. The van der Waals surface area contributed by atoms with Gasteiger partial charge in [-0.2, -0.15) is 4.98 Å². The number of hydrogen-bond donors (Lipinski definition) is 1. The monoisotopic (exact) mass is 275 g/mol. The van der Waals surface area contributed by atoms with E-state index in [9.17, 15) is 0 Å². The second-order valence-corrected chi connectivity index (χ2v) is 5.89. The molecule has 1 aromatic carbocycles. The van der Waals surface area contributed by atoms with E-state index in [-0.39, 0.29) is 0 Å². The van der Waals surface area contributed by atoms with Crippen molar-refractivity contribution in [1.29, 1.82) is 0 Å². The van der Waals surface area contributed by atoms with Crippen LogP contribution in [0.2, 0.25) is 5.02 Å². The first-order valence-corrected chi connectivity index (χ1v) is 6.96. The lowest BCUT2D eigenvalue weighted by atomic mass is 10.0. The predicted octanol–water partition coefficient (Wildman–Crippen LogP) is 2.86. The maximum absolute atomic E-state index is 6.15. The van der Waals surface area contributed by atoms with E-state index in [1.807, 2.05) is 24.3 Å². The number of nitrogens with zero attached hydrogens (tertiary/aromatic N) is 2. The van der Waals surface area contributed by atoms with Crippen molar-refractivity contribution in [2.75, 3.05) is 13.1 Å². The van der Waals surface area contributed by atoms with Gasteiger partial charge in [0.05, 0.1) is 5.02 Å². The molecule has 0 radical (unpaired) electrons. The van der Waals surface area contributed by atoms with Gasteiger partial charge in [0, 0.05) is 18.0 Å². The van der Waals surface area contributed by atoms with Crippen LogP contribution in [0.1, 0.15) is 24.7 Å². The van der Waals surface area contributed by atoms with Crippen molar-refractivity contribution in [1.82, 2.24) is 15.5 Å². The Kier molecular flexibility index (Phi) is 2.44. The number of halogens is 1. The van der Waals surface area contributed by atoms with Gasteiger partial charge in [0.2, 0.25) is 11.7 Å². The van der Waals surface area contributed by atoms with E-state index in [2.05, 4.69) is 15.5 Å². The molecule has 2 aromatic rings. The molecule has 2 heterocycles. The third-order valence-electron chi connectivity index (χ3n) is 4.32. The van der Waals surface area contributed by atoms with Gasteiger partial charge in [-0.3, -0.25) is 0 Å². The number of nitrogens with one attached hydrogen (secondary N) is 1. The van der Waals surface area contributed by atoms with Gasteiger partial charge in [0.1, 0.15) is 0 Å². The first kappa shape index (κ1) is 11.4. The average Bonchev–Trinajstić information content (AvgIpc) is 2.81. The molecule has 2 atom stereocenters. The third-order valence-corrected chi connectivity index (χ3v) is 4.65. The van der Waals surface area contributed by atoms with Crippen LogP contribution in [0.15, 0.2) is 28.8 Å². The standard InChI is InChI=1S/C14H14ClN3O/c15-11-4-2-1-3-9(11)12-17-13(19-18-12)10-7-14(10)5-6-16-8-14/h1-4,10,16H,5-8H2. The molecule has 2 aliphatic rings. The quantitative estimate of drug-likeness (QED) is 0.916. The molecule has 1 spiro atoms. The van der Waals surface area contributed by atoms with Crippen LogP contribution in [-0.2, 0) is 0 Å². The molecule has 1 saturated carbocycles. The molecule has 1 aromatic heterocycles. The van der Waals surface area contributed by atoms with Crippen molar-refractivity contribution in [3.05, 3.63) is 35.2 Å². The van der Waals surface area contributed by atoms with Gasteiger partial charge in [-0.05, 0) is 36.9 Å². The highest BCUT2D eigenvalue weighted by Gasteiger charge is 2.58. The van der Waals surface area contributed by atoms with Crippen LogP contribution in [-0.4, -0.2) is 23.2 Å². The van der Waals surface area contributed by atoms with Gasteiger partial charge < -0.3 is 9.84 Å². The van der Waals surface area contributed by atoms with Crippen molar-refractivity contribution in [2.24, 2.45) is 5.41 Å². The number of aromatic nitrogens is 2. The van der Waals surface area contributed by atoms with Crippen molar-refractivity contribution in [3.63, 3.8) is 0 Å². The van der Waals surface area contributed by atoms with Gasteiger partial charge in [-0.25, -0.2) is 0 Å². The first-order chi connectivity index (χ1) is 9.28. The second-order valence-electron chi connectivity index (χ2n) is 5.48. The molecule has 1 N–H and O–H groups in total. The Morgan fingerprint density at radius 2 is 2.26 bits per heavy atom. The predicted molar refractivity (Wildman–Crippen MR) is 72.0 cm³/mol. The lowest BCUT2D eigenvalue weighted by Gasteiger charge is -2.02. The third kappa shape index (κ3) is 1.78. The van der Waals surface area contributed by atoms with E-state index in [0.29, 0.717) is 22.2 Å². The van der Waals surface area contributed by atoms with Crippen LogP contribution in [0.25, 0.3) is 11.4 Å². The summed E-state index contributed by atoms with van der Waals surface area (Å²) in [4.78, 5) is 4.53. The summed E-state index contributed by atoms with van der Waals surface area (Å²) in [6.07, 6.45) is 2.37. The Bertz CT molecular complexity index is 619. The Morgan fingerprint density at radius 3 is 3.05 bits per heavy atom. The molecular formula is C14H14ClN3O. The summed E-state index contributed by atoms with van der Waals surface area (Å²) in [6.45, 7) is 2.17. The average molecular weight is 276 g/mol. The maximum atomic E-state index is 6.15. The van der Waals surface area contributed by atoms with Gasteiger partial charge in [0.25, 0.3) is 0 Å². The van der Waals surface area contributed by atoms with Crippen LogP contribution in [0.5, 0.6) is 0 Å². The van der Waals surface area contributed by atoms with E-state index in [4.69, 9.17) is 16.1 Å². The molecule has 1 aliphatic carbocycles. The van der Waals surface area contributed by atoms with Crippen LogP contribution in [0.4, 0.5) is 0 Å². The minimum absolute atomic E-state index is 0.379. The summed E-state index contributed by atoms with van der Waals surface area (Å²) in [5.74, 6) is 1.78. The molecule has 4 rings (SSSR count). The van der Waals surface area contributed by atoms with Crippen LogP contribution in [0.3, 0.4) is 0 Å².